The van der Waals surface area contributed by atoms with Crippen molar-refractivity contribution in [2.24, 2.45) is 0 Å². The highest BCUT2D eigenvalue weighted by atomic mass is 16.5. The molecular weight excluding hydrogens is 170 g/mol. The Kier molecular flexibility index (Phi) is 2.27. The van der Waals surface area contributed by atoms with E-state index in [0.29, 0.717) is 5.76 Å². The van der Waals surface area contributed by atoms with Gasteiger partial charge in [0.05, 0.1) is 6.20 Å². The van der Waals surface area contributed by atoms with Gasteiger partial charge in [0.15, 0.2) is 0 Å². The second-order valence-electron chi connectivity index (χ2n) is 2.92. The smallest absolute Gasteiger partial charge is 0.292 e. The number of nitrogens with zero attached hydrogens (tertiary/aromatic N) is 2. The molecule has 13 heavy (non-hydrogen) atoms. The first kappa shape index (κ1) is 8.25. The van der Waals surface area contributed by atoms with E-state index >= 15 is 0 Å². The molecule has 1 N–H and O–H groups in total. The van der Waals surface area contributed by atoms with E-state index in [0.717, 1.165) is 26.2 Å². The number of carbonyl (C=O) groups excluding carboxylic acids is 1. The van der Waals surface area contributed by atoms with Crippen molar-refractivity contribution < 1.29 is 9.32 Å². The topological polar surface area (TPSA) is 58.4 Å². The minimum absolute atomic E-state index is 0.0704. The zero-order chi connectivity index (χ0) is 9.10. The molecule has 70 valence electrons. The predicted octanol–water partition coefficient (Wildman–Crippen LogP) is -0.280. The van der Waals surface area contributed by atoms with E-state index in [4.69, 9.17) is 4.52 Å². The van der Waals surface area contributed by atoms with E-state index < -0.39 is 0 Å². The average molecular weight is 181 g/mol. The normalized spacial score (nSPS) is 17.4. The lowest BCUT2D eigenvalue weighted by Crippen LogP contribution is -2.46. The SMILES string of the molecule is O=C(c1ccno1)N1CCNCC1. The Bertz CT molecular complexity index is 278. The molecule has 1 aromatic heterocycles. The summed E-state index contributed by atoms with van der Waals surface area (Å²) < 4.78 is 4.79. The fourth-order valence-corrected chi connectivity index (χ4v) is 1.35. The Labute approximate surface area is 75.7 Å². The van der Waals surface area contributed by atoms with Gasteiger partial charge in [0.25, 0.3) is 5.91 Å². The van der Waals surface area contributed by atoms with E-state index in [9.17, 15) is 4.79 Å². The number of hydrogen-bond donors (Lipinski definition) is 1. The summed E-state index contributed by atoms with van der Waals surface area (Å²) in [6.45, 7) is 3.17. The molecule has 1 amide bonds. The van der Waals surface area contributed by atoms with Gasteiger partial charge >= 0.3 is 0 Å². The summed E-state index contributed by atoms with van der Waals surface area (Å²) in [5.41, 5.74) is 0. The van der Waals surface area contributed by atoms with E-state index in [1.54, 1.807) is 11.0 Å². The number of aromatic nitrogens is 1. The fraction of sp³-hybridized carbons (Fsp3) is 0.500. The Morgan fingerprint density at radius 2 is 2.31 bits per heavy atom. The molecule has 2 heterocycles. The number of piperazine rings is 1. The zero-order valence-electron chi connectivity index (χ0n) is 7.19. The third-order valence-corrected chi connectivity index (χ3v) is 2.05. The van der Waals surface area contributed by atoms with Crippen LogP contribution < -0.4 is 5.32 Å². The minimum atomic E-state index is -0.0704. The minimum Gasteiger partial charge on any atom is -0.351 e. The Hall–Kier alpha value is -1.36. The summed E-state index contributed by atoms with van der Waals surface area (Å²) in [5.74, 6) is 0.251. The third kappa shape index (κ3) is 1.70. The first-order valence-electron chi connectivity index (χ1n) is 4.28. The molecule has 5 heteroatoms. The van der Waals surface area contributed by atoms with Crippen molar-refractivity contribution in [2.75, 3.05) is 26.2 Å². The average Bonchev–Trinajstić information content (AvgIpc) is 2.71. The fourth-order valence-electron chi connectivity index (χ4n) is 1.35. The van der Waals surface area contributed by atoms with Crippen molar-refractivity contribution in [3.05, 3.63) is 18.0 Å². The molecule has 2 rings (SSSR count). The van der Waals surface area contributed by atoms with Crippen LogP contribution in [0.15, 0.2) is 16.8 Å². The van der Waals surface area contributed by atoms with Crippen molar-refractivity contribution >= 4 is 5.91 Å². The highest BCUT2D eigenvalue weighted by Gasteiger charge is 2.20. The molecule has 0 radical (unpaired) electrons. The van der Waals surface area contributed by atoms with Gasteiger partial charge in [-0.25, -0.2) is 0 Å². The van der Waals surface area contributed by atoms with E-state index in [1.165, 1.54) is 6.20 Å². The Balaban J connectivity index is 2.04. The molecule has 0 saturated carbocycles. The van der Waals surface area contributed by atoms with Gasteiger partial charge < -0.3 is 14.7 Å². The molecule has 0 aliphatic carbocycles. The molecule has 1 fully saturated rings. The van der Waals surface area contributed by atoms with Gasteiger partial charge in [0, 0.05) is 32.2 Å². The highest BCUT2D eigenvalue weighted by molar-refractivity contribution is 5.91. The molecule has 5 nitrogen and oxygen atoms in total. The standard InChI is InChI=1S/C8H11N3O2/c12-8(7-1-2-10-13-7)11-5-3-9-4-6-11/h1-2,9H,3-6H2. The third-order valence-electron chi connectivity index (χ3n) is 2.05. The Morgan fingerprint density at radius 1 is 1.54 bits per heavy atom. The second-order valence-corrected chi connectivity index (χ2v) is 2.92. The summed E-state index contributed by atoms with van der Waals surface area (Å²) >= 11 is 0. The summed E-state index contributed by atoms with van der Waals surface area (Å²) in [5, 5.41) is 6.67. The Morgan fingerprint density at radius 3 is 2.92 bits per heavy atom. The molecule has 1 aliphatic rings. The number of rotatable bonds is 1. The molecule has 0 atom stereocenters. The largest absolute Gasteiger partial charge is 0.351 e. The van der Waals surface area contributed by atoms with Crippen molar-refractivity contribution in [3.63, 3.8) is 0 Å². The summed E-state index contributed by atoms with van der Waals surface area (Å²) in [6, 6.07) is 1.59. The first-order valence-corrected chi connectivity index (χ1v) is 4.28. The van der Waals surface area contributed by atoms with Crippen LogP contribution in [0.1, 0.15) is 10.6 Å². The van der Waals surface area contributed by atoms with Gasteiger partial charge in [-0.2, -0.15) is 0 Å². The number of carbonyl (C=O) groups is 1. The van der Waals surface area contributed by atoms with Gasteiger partial charge in [-0.1, -0.05) is 5.16 Å². The number of nitrogens with one attached hydrogen (secondary N) is 1. The lowest BCUT2D eigenvalue weighted by molar-refractivity contribution is 0.0694. The number of amides is 1. The van der Waals surface area contributed by atoms with Crippen molar-refractivity contribution in [2.45, 2.75) is 0 Å². The molecule has 1 aliphatic heterocycles. The second kappa shape index (κ2) is 3.57. The van der Waals surface area contributed by atoms with E-state index in [2.05, 4.69) is 10.5 Å². The molecule has 0 unspecified atom stereocenters. The van der Waals surface area contributed by atoms with Crippen LogP contribution in [0.3, 0.4) is 0 Å². The van der Waals surface area contributed by atoms with E-state index in [1.807, 2.05) is 0 Å². The van der Waals surface area contributed by atoms with Crippen molar-refractivity contribution in [1.29, 1.82) is 0 Å². The number of hydrogen-bond acceptors (Lipinski definition) is 4. The first-order chi connectivity index (χ1) is 6.38. The monoisotopic (exact) mass is 181 g/mol. The zero-order valence-corrected chi connectivity index (χ0v) is 7.19. The summed E-state index contributed by atoms with van der Waals surface area (Å²) in [6.07, 6.45) is 1.48. The molecule has 1 aromatic rings. The lowest BCUT2D eigenvalue weighted by Gasteiger charge is -2.26. The maximum absolute atomic E-state index is 11.6. The maximum atomic E-state index is 11.6. The van der Waals surface area contributed by atoms with Crippen molar-refractivity contribution in [3.8, 4) is 0 Å². The summed E-state index contributed by atoms with van der Waals surface area (Å²) in [4.78, 5) is 13.4. The van der Waals surface area contributed by atoms with Crippen LogP contribution in [0, 0.1) is 0 Å². The molecule has 1 saturated heterocycles. The predicted molar refractivity (Wildman–Crippen MR) is 45.3 cm³/mol. The van der Waals surface area contributed by atoms with E-state index in [-0.39, 0.29) is 5.91 Å². The van der Waals surface area contributed by atoms with Gasteiger partial charge in [-0.3, -0.25) is 4.79 Å². The van der Waals surface area contributed by atoms with Crippen LogP contribution in [-0.4, -0.2) is 42.1 Å². The summed E-state index contributed by atoms with van der Waals surface area (Å²) in [7, 11) is 0. The van der Waals surface area contributed by atoms with Crippen LogP contribution >= 0.6 is 0 Å². The maximum Gasteiger partial charge on any atom is 0.292 e. The van der Waals surface area contributed by atoms with Crippen LogP contribution in [0.5, 0.6) is 0 Å². The van der Waals surface area contributed by atoms with Gasteiger partial charge in [-0.05, 0) is 0 Å². The van der Waals surface area contributed by atoms with Crippen LogP contribution in [-0.2, 0) is 0 Å². The quantitative estimate of drug-likeness (QED) is 0.647. The van der Waals surface area contributed by atoms with Crippen LogP contribution in [0.2, 0.25) is 0 Å². The lowest BCUT2D eigenvalue weighted by atomic mass is 10.3. The van der Waals surface area contributed by atoms with Gasteiger partial charge in [0.1, 0.15) is 0 Å². The molecule has 0 bridgehead atoms. The van der Waals surface area contributed by atoms with Gasteiger partial charge in [-0.15, -0.1) is 0 Å². The molecule has 0 spiro atoms. The van der Waals surface area contributed by atoms with Crippen LogP contribution in [0.25, 0.3) is 0 Å². The van der Waals surface area contributed by atoms with Gasteiger partial charge in [0.2, 0.25) is 5.76 Å². The van der Waals surface area contributed by atoms with Crippen LogP contribution in [0.4, 0.5) is 0 Å². The van der Waals surface area contributed by atoms with Crippen molar-refractivity contribution in [1.82, 2.24) is 15.4 Å². The highest BCUT2D eigenvalue weighted by Crippen LogP contribution is 2.04. The molecule has 0 aromatic carbocycles. The molecular formula is C8H11N3O2.